The Morgan fingerprint density at radius 3 is 2.47 bits per heavy atom. The second kappa shape index (κ2) is 6.55. The van der Waals surface area contributed by atoms with Crippen LogP contribution in [0.25, 0.3) is 0 Å². The minimum Gasteiger partial charge on any atom is -0.323 e. The van der Waals surface area contributed by atoms with E-state index in [2.05, 4.69) is 35.0 Å². The van der Waals surface area contributed by atoms with Crippen LogP contribution in [0, 0.1) is 5.82 Å². The maximum absolute atomic E-state index is 12.9. The first kappa shape index (κ1) is 14.6. The van der Waals surface area contributed by atoms with Crippen LogP contribution in [0.4, 0.5) is 4.39 Å². The van der Waals surface area contributed by atoms with Gasteiger partial charge in [-0.05, 0) is 35.9 Å². The molecule has 2 atom stereocenters. The van der Waals surface area contributed by atoms with Crippen molar-refractivity contribution in [2.24, 2.45) is 5.73 Å². The molecule has 0 fully saturated rings. The van der Waals surface area contributed by atoms with Gasteiger partial charge in [0.2, 0.25) is 0 Å². The van der Waals surface area contributed by atoms with Crippen LogP contribution in [-0.2, 0) is 0 Å². The molecule has 0 amide bonds. The molecule has 0 aliphatic heterocycles. The Hall–Kier alpha value is -0.840. The van der Waals surface area contributed by atoms with Gasteiger partial charge in [-0.15, -0.1) is 11.8 Å². The van der Waals surface area contributed by atoms with Gasteiger partial charge in [-0.2, -0.15) is 0 Å². The molecule has 0 aromatic heterocycles. The first-order valence-corrected chi connectivity index (χ1v) is 7.67. The summed E-state index contributed by atoms with van der Waals surface area (Å²) in [6.45, 7) is 2.08. The maximum atomic E-state index is 12.9. The van der Waals surface area contributed by atoms with Gasteiger partial charge in [0, 0.05) is 20.7 Å². The summed E-state index contributed by atoms with van der Waals surface area (Å²) in [7, 11) is 0. The fourth-order valence-electron chi connectivity index (χ4n) is 1.78. The van der Waals surface area contributed by atoms with Crippen LogP contribution in [0.5, 0.6) is 0 Å². The Balaban J connectivity index is 2.07. The zero-order valence-electron chi connectivity index (χ0n) is 10.5. The number of hydrogen-bond acceptors (Lipinski definition) is 2. The third-order valence-corrected chi connectivity index (χ3v) is 4.56. The molecule has 0 aliphatic rings. The lowest BCUT2D eigenvalue weighted by Crippen LogP contribution is -2.21. The molecule has 0 bridgehead atoms. The van der Waals surface area contributed by atoms with Gasteiger partial charge >= 0.3 is 0 Å². The van der Waals surface area contributed by atoms with Crippen LogP contribution in [0.3, 0.4) is 0 Å². The third-order valence-electron chi connectivity index (χ3n) is 2.88. The van der Waals surface area contributed by atoms with Crippen LogP contribution in [0.1, 0.15) is 18.5 Å². The topological polar surface area (TPSA) is 26.0 Å². The molecule has 0 saturated carbocycles. The molecular formula is C15H15BrFNS. The van der Waals surface area contributed by atoms with Crippen molar-refractivity contribution in [3.63, 3.8) is 0 Å². The number of nitrogens with two attached hydrogens (primary N) is 1. The predicted octanol–water partition coefficient (Wildman–Crippen LogP) is 4.77. The van der Waals surface area contributed by atoms with Crippen molar-refractivity contribution >= 4 is 27.7 Å². The summed E-state index contributed by atoms with van der Waals surface area (Å²) in [5, 5.41) is 0.208. The van der Waals surface area contributed by atoms with E-state index in [4.69, 9.17) is 5.73 Å². The Kier molecular flexibility index (Phi) is 5.02. The lowest BCUT2D eigenvalue weighted by atomic mass is 10.1. The number of rotatable bonds is 4. The Morgan fingerprint density at radius 1 is 1.16 bits per heavy atom. The van der Waals surface area contributed by atoms with Gasteiger partial charge in [0.1, 0.15) is 5.82 Å². The van der Waals surface area contributed by atoms with Crippen molar-refractivity contribution in [3.05, 3.63) is 64.4 Å². The summed E-state index contributed by atoms with van der Waals surface area (Å²) in [6, 6.07) is 14.4. The van der Waals surface area contributed by atoms with Gasteiger partial charge < -0.3 is 5.73 Å². The maximum Gasteiger partial charge on any atom is 0.123 e. The largest absolute Gasteiger partial charge is 0.323 e. The van der Waals surface area contributed by atoms with Crippen LogP contribution < -0.4 is 5.73 Å². The first-order valence-electron chi connectivity index (χ1n) is 5.99. The highest BCUT2D eigenvalue weighted by atomic mass is 79.9. The van der Waals surface area contributed by atoms with Gasteiger partial charge in [-0.1, -0.05) is 41.1 Å². The Bertz CT molecular complexity index is 544. The number of benzene rings is 2. The van der Waals surface area contributed by atoms with Crippen molar-refractivity contribution in [2.45, 2.75) is 23.1 Å². The summed E-state index contributed by atoms with van der Waals surface area (Å²) in [4.78, 5) is 1.17. The van der Waals surface area contributed by atoms with Gasteiger partial charge in [0.25, 0.3) is 0 Å². The average molecular weight is 340 g/mol. The fraction of sp³-hybridized carbons (Fsp3) is 0.200. The standard InChI is InChI=1S/C15H15BrFNS/c1-10(19-14-4-2-3-12(16)9-14)15(18)11-5-7-13(17)8-6-11/h2-10,15H,18H2,1H3. The van der Waals surface area contributed by atoms with E-state index >= 15 is 0 Å². The third kappa shape index (κ3) is 4.06. The second-order valence-corrected chi connectivity index (χ2v) is 6.72. The Morgan fingerprint density at radius 2 is 1.84 bits per heavy atom. The Labute approximate surface area is 125 Å². The minimum atomic E-state index is -0.233. The summed E-state index contributed by atoms with van der Waals surface area (Å²) in [5.41, 5.74) is 7.17. The van der Waals surface area contributed by atoms with Gasteiger partial charge in [-0.25, -0.2) is 4.39 Å². The van der Waals surface area contributed by atoms with Crippen LogP contribution in [0.2, 0.25) is 0 Å². The molecule has 2 aromatic rings. The van der Waals surface area contributed by atoms with E-state index in [0.29, 0.717) is 0 Å². The molecular weight excluding hydrogens is 325 g/mol. The monoisotopic (exact) mass is 339 g/mol. The molecule has 2 aromatic carbocycles. The molecule has 2 rings (SSSR count). The summed E-state index contributed by atoms with van der Waals surface area (Å²) < 4.78 is 13.9. The second-order valence-electron chi connectivity index (χ2n) is 4.36. The smallest absolute Gasteiger partial charge is 0.123 e. The van der Waals surface area contributed by atoms with Crippen molar-refractivity contribution < 1.29 is 4.39 Å². The molecule has 100 valence electrons. The molecule has 1 nitrogen and oxygen atoms in total. The lowest BCUT2D eigenvalue weighted by Gasteiger charge is -2.20. The number of hydrogen-bond donors (Lipinski definition) is 1. The van der Waals surface area contributed by atoms with E-state index in [1.165, 1.54) is 17.0 Å². The van der Waals surface area contributed by atoms with Crippen LogP contribution in [0.15, 0.2) is 57.9 Å². The molecule has 0 saturated heterocycles. The molecule has 2 unspecified atom stereocenters. The molecule has 19 heavy (non-hydrogen) atoms. The molecule has 0 aliphatic carbocycles. The predicted molar refractivity (Wildman–Crippen MR) is 82.8 cm³/mol. The van der Waals surface area contributed by atoms with E-state index in [-0.39, 0.29) is 17.1 Å². The van der Waals surface area contributed by atoms with E-state index in [0.717, 1.165) is 10.0 Å². The van der Waals surface area contributed by atoms with Gasteiger partial charge in [-0.3, -0.25) is 0 Å². The summed E-state index contributed by atoms with van der Waals surface area (Å²) in [6.07, 6.45) is 0. The molecule has 4 heteroatoms. The number of thioether (sulfide) groups is 1. The molecule has 0 radical (unpaired) electrons. The fourth-order valence-corrected chi connectivity index (χ4v) is 3.42. The zero-order valence-corrected chi connectivity index (χ0v) is 12.9. The van der Waals surface area contributed by atoms with E-state index in [1.54, 1.807) is 23.9 Å². The van der Waals surface area contributed by atoms with Crippen molar-refractivity contribution in [2.75, 3.05) is 0 Å². The number of halogens is 2. The highest BCUT2D eigenvalue weighted by Crippen LogP contribution is 2.31. The summed E-state index contributed by atoms with van der Waals surface area (Å²) >= 11 is 5.17. The highest BCUT2D eigenvalue weighted by molar-refractivity contribution is 9.10. The molecule has 0 heterocycles. The molecule has 2 N–H and O–H groups in total. The quantitative estimate of drug-likeness (QED) is 0.812. The SMILES string of the molecule is CC(Sc1cccc(Br)c1)C(N)c1ccc(F)cc1. The van der Waals surface area contributed by atoms with E-state index < -0.39 is 0 Å². The molecule has 0 spiro atoms. The van der Waals surface area contributed by atoms with Crippen molar-refractivity contribution in [1.29, 1.82) is 0 Å². The van der Waals surface area contributed by atoms with Crippen molar-refractivity contribution in [3.8, 4) is 0 Å². The van der Waals surface area contributed by atoms with Gasteiger partial charge in [0.15, 0.2) is 0 Å². The summed E-state index contributed by atoms with van der Waals surface area (Å²) in [5.74, 6) is -0.233. The lowest BCUT2D eigenvalue weighted by molar-refractivity contribution is 0.624. The zero-order chi connectivity index (χ0) is 13.8. The minimum absolute atomic E-state index is 0.121. The highest BCUT2D eigenvalue weighted by Gasteiger charge is 2.16. The average Bonchev–Trinajstić information content (AvgIpc) is 2.39. The normalized spacial score (nSPS) is 14.1. The van der Waals surface area contributed by atoms with Crippen LogP contribution >= 0.6 is 27.7 Å². The van der Waals surface area contributed by atoms with E-state index in [1.807, 2.05) is 12.1 Å². The van der Waals surface area contributed by atoms with Crippen molar-refractivity contribution in [1.82, 2.24) is 0 Å². The van der Waals surface area contributed by atoms with Gasteiger partial charge in [0.05, 0.1) is 0 Å². The van der Waals surface area contributed by atoms with E-state index in [9.17, 15) is 4.39 Å². The van der Waals surface area contributed by atoms with Crippen LogP contribution in [-0.4, -0.2) is 5.25 Å². The first-order chi connectivity index (χ1) is 9.06.